The minimum Gasteiger partial charge on any atom is -0.497 e. The predicted octanol–water partition coefficient (Wildman–Crippen LogP) is 7.91. The summed E-state index contributed by atoms with van der Waals surface area (Å²) >= 11 is 0. The molecule has 1 N–H and O–H groups in total. The summed E-state index contributed by atoms with van der Waals surface area (Å²) in [5.41, 5.74) is 1.04. The van der Waals surface area contributed by atoms with Gasteiger partial charge in [0.25, 0.3) is 8.32 Å². The fraction of sp³-hybridized carbons (Fsp3) is 0.633. The predicted molar refractivity (Wildman–Crippen MR) is 234 cm³/mol. The molecule has 3 aromatic carbocycles. The maximum atomic E-state index is 12.3. The fourth-order valence-electron chi connectivity index (χ4n) is 10.4. The van der Waals surface area contributed by atoms with E-state index in [1.807, 2.05) is 52.0 Å². The molecule has 330 valence electrons. The number of aliphatic hydroxyl groups is 1. The highest BCUT2D eigenvalue weighted by atomic mass is 28.4. The van der Waals surface area contributed by atoms with Crippen molar-refractivity contribution < 1.29 is 47.4 Å². The Morgan fingerprint density at radius 1 is 0.800 bits per heavy atom. The lowest BCUT2D eigenvalue weighted by molar-refractivity contribution is -0.319. The second-order valence-electron chi connectivity index (χ2n) is 19.7. The summed E-state index contributed by atoms with van der Waals surface area (Å²) in [5, 5.41) is 14.6. The monoisotopic (exact) mass is 846 g/mol. The van der Waals surface area contributed by atoms with Gasteiger partial charge >= 0.3 is 0 Å². The van der Waals surface area contributed by atoms with Crippen LogP contribution in [0.4, 0.5) is 0 Å². The summed E-state index contributed by atoms with van der Waals surface area (Å²) in [5.74, 6) is -2.16. The summed E-state index contributed by atoms with van der Waals surface area (Å²) in [6.45, 7) is 20.4. The molecule has 0 spiro atoms. The maximum absolute atomic E-state index is 12.3. The Bertz CT molecular complexity index is 1780. The minimum atomic E-state index is -2.78. The third kappa shape index (κ3) is 10.2. The molecule has 0 amide bonds. The molecule has 11 heteroatoms. The molecule has 4 aliphatic rings. The number of hydrogen-bond donors (Lipinski definition) is 1. The number of methoxy groups -OCH3 is 1. The molecule has 10 nitrogen and oxygen atoms in total. The van der Waals surface area contributed by atoms with E-state index in [2.05, 4.69) is 95.3 Å². The highest BCUT2D eigenvalue weighted by Crippen LogP contribution is 2.46. The summed E-state index contributed by atoms with van der Waals surface area (Å²) < 4.78 is 58.6. The summed E-state index contributed by atoms with van der Waals surface area (Å²) in [7, 11) is -1.12. The zero-order valence-electron chi connectivity index (χ0n) is 37.6. The van der Waals surface area contributed by atoms with E-state index in [1.165, 1.54) is 10.4 Å². The lowest BCUT2D eigenvalue weighted by Gasteiger charge is -2.46. The Balaban J connectivity index is 1.03. The zero-order chi connectivity index (χ0) is 42.9. The van der Waals surface area contributed by atoms with Crippen LogP contribution < -0.4 is 15.1 Å². The van der Waals surface area contributed by atoms with Crippen molar-refractivity contribution in [1.29, 1.82) is 0 Å². The normalized spacial score (nSPS) is 31.6. The molecular formula is C49H70O10Si. The molecule has 0 bridgehead atoms. The van der Waals surface area contributed by atoms with E-state index >= 15 is 0 Å². The highest BCUT2D eigenvalue weighted by Gasteiger charge is 2.55. The largest absolute Gasteiger partial charge is 0.497 e. The third-order valence-corrected chi connectivity index (χ3v) is 17.9. The molecular weight excluding hydrogens is 777 g/mol. The Labute approximate surface area is 359 Å². The standard InChI is InChI=1S/C49H70O10Si/c1-33(44(40-25-26-53-47(6,7)57-40)52-31-35-21-23-36(51-10)24-22-35)29-49(50)30-34(2)45-43(59-49)28-41(55-45)42-27-37(56-48(8,9)58-42)32-54-60(46(3,4)5,38-17-13-11-14-18-38)39-19-15-12-16-20-39/h11-24,33-34,37,40-45,50H,25-32H2,1-10H3/t33-,34-,37+,40-,41-,42-,43-,44-,45-,49?/m0/s1. The Morgan fingerprint density at radius 3 is 2.05 bits per heavy atom. The molecule has 4 fully saturated rings. The molecule has 1 unspecified atom stereocenters. The van der Waals surface area contributed by atoms with Crippen LogP contribution in [0.2, 0.25) is 5.04 Å². The van der Waals surface area contributed by atoms with Crippen LogP contribution in [0.25, 0.3) is 0 Å². The van der Waals surface area contributed by atoms with Gasteiger partial charge in [-0.25, -0.2) is 0 Å². The molecule has 4 saturated heterocycles. The molecule has 0 aliphatic carbocycles. The summed E-state index contributed by atoms with van der Waals surface area (Å²) in [6.07, 6.45) is 1.15. The number of benzene rings is 3. The van der Waals surface area contributed by atoms with Crippen LogP contribution in [0.15, 0.2) is 84.9 Å². The molecule has 4 heterocycles. The van der Waals surface area contributed by atoms with Crippen molar-refractivity contribution in [1.82, 2.24) is 0 Å². The second-order valence-corrected chi connectivity index (χ2v) is 24.0. The number of ether oxygens (including phenoxy) is 8. The van der Waals surface area contributed by atoms with Gasteiger partial charge in [-0.3, -0.25) is 0 Å². The van der Waals surface area contributed by atoms with E-state index in [0.29, 0.717) is 51.9 Å². The van der Waals surface area contributed by atoms with Crippen LogP contribution in [0.1, 0.15) is 100.0 Å². The van der Waals surface area contributed by atoms with Gasteiger partial charge in [0, 0.05) is 25.7 Å². The first-order chi connectivity index (χ1) is 28.4. The van der Waals surface area contributed by atoms with Gasteiger partial charge in [0.05, 0.1) is 69.7 Å². The molecule has 0 aromatic heterocycles. The SMILES string of the molecule is COc1ccc(CO[C@H]([C@@H]2CCOC(C)(C)O2)[C@@H](C)CC2(O)C[C@H](C)[C@@H]3O[C@H]([C@@H]4C[C@H](CO[Si](c5ccccc5)(c5ccccc5)C(C)(C)C)OC(C)(C)O4)C[C@@H]3O2)cc1. The molecule has 0 radical (unpaired) electrons. The lowest BCUT2D eigenvalue weighted by atomic mass is 9.82. The van der Waals surface area contributed by atoms with E-state index in [-0.39, 0.29) is 59.6 Å². The second kappa shape index (κ2) is 18.2. The van der Waals surface area contributed by atoms with E-state index in [0.717, 1.165) is 11.3 Å². The van der Waals surface area contributed by atoms with Gasteiger partial charge < -0.3 is 47.4 Å². The summed E-state index contributed by atoms with van der Waals surface area (Å²) in [6, 6.07) is 29.3. The van der Waals surface area contributed by atoms with Crippen molar-refractivity contribution in [2.45, 2.75) is 166 Å². The number of fused-ring (bicyclic) bond motifs is 1. The smallest absolute Gasteiger partial charge is 0.261 e. The minimum absolute atomic E-state index is 0.0602. The van der Waals surface area contributed by atoms with Crippen molar-refractivity contribution >= 4 is 18.7 Å². The van der Waals surface area contributed by atoms with Crippen LogP contribution in [-0.4, -0.2) is 93.8 Å². The molecule has 60 heavy (non-hydrogen) atoms. The summed E-state index contributed by atoms with van der Waals surface area (Å²) in [4.78, 5) is 0. The third-order valence-electron chi connectivity index (χ3n) is 12.9. The zero-order valence-corrected chi connectivity index (χ0v) is 38.6. The van der Waals surface area contributed by atoms with Gasteiger partial charge in [0.2, 0.25) is 0 Å². The number of rotatable bonds is 14. The van der Waals surface area contributed by atoms with Crippen molar-refractivity contribution in [2.75, 3.05) is 20.3 Å². The van der Waals surface area contributed by atoms with Crippen molar-refractivity contribution in [3.63, 3.8) is 0 Å². The van der Waals surface area contributed by atoms with Crippen LogP contribution in [0.3, 0.4) is 0 Å². The van der Waals surface area contributed by atoms with Gasteiger partial charge in [-0.1, -0.05) is 107 Å². The van der Waals surface area contributed by atoms with Crippen LogP contribution >= 0.6 is 0 Å². The molecule has 4 aliphatic heterocycles. The first-order valence-electron chi connectivity index (χ1n) is 22.1. The molecule has 10 atom stereocenters. The first-order valence-corrected chi connectivity index (χ1v) is 24.0. The van der Waals surface area contributed by atoms with E-state index in [1.54, 1.807) is 7.11 Å². The van der Waals surface area contributed by atoms with Gasteiger partial charge in [0.1, 0.15) is 5.75 Å². The Morgan fingerprint density at radius 2 is 1.45 bits per heavy atom. The quantitative estimate of drug-likeness (QED) is 0.161. The maximum Gasteiger partial charge on any atom is 0.261 e. The molecule has 3 aromatic rings. The van der Waals surface area contributed by atoms with Crippen LogP contribution in [0.5, 0.6) is 5.75 Å². The first kappa shape index (κ1) is 45.3. The Hall–Kier alpha value is -2.68. The van der Waals surface area contributed by atoms with E-state index in [9.17, 15) is 5.11 Å². The average molecular weight is 847 g/mol. The Kier molecular flexibility index (Phi) is 13.8. The topological polar surface area (TPSA) is 103 Å². The average Bonchev–Trinajstić information content (AvgIpc) is 3.62. The van der Waals surface area contributed by atoms with Crippen molar-refractivity contribution in [2.24, 2.45) is 11.8 Å². The highest BCUT2D eigenvalue weighted by molar-refractivity contribution is 6.99. The van der Waals surface area contributed by atoms with Crippen LogP contribution in [0, 0.1) is 11.8 Å². The van der Waals surface area contributed by atoms with E-state index in [4.69, 9.17) is 42.3 Å². The van der Waals surface area contributed by atoms with Gasteiger partial charge in [-0.2, -0.15) is 0 Å². The lowest BCUT2D eigenvalue weighted by Crippen LogP contribution is -2.67. The van der Waals surface area contributed by atoms with Gasteiger partial charge in [-0.05, 0) is 79.1 Å². The fourth-order valence-corrected chi connectivity index (χ4v) is 15.0. The van der Waals surface area contributed by atoms with Crippen molar-refractivity contribution in [3.8, 4) is 5.75 Å². The van der Waals surface area contributed by atoms with Gasteiger partial charge in [-0.15, -0.1) is 0 Å². The molecule has 0 saturated carbocycles. The van der Waals surface area contributed by atoms with E-state index < -0.39 is 25.7 Å². The van der Waals surface area contributed by atoms with Crippen molar-refractivity contribution in [3.05, 3.63) is 90.5 Å². The molecule has 7 rings (SSSR count). The van der Waals surface area contributed by atoms with Gasteiger partial charge in [0.15, 0.2) is 17.4 Å². The van der Waals surface area contributed by atoms with Crippen LogP contribution in [-0.2, 0) is 44.2 Å². The number of hydrogen-bond acceptors (Lipinski definition) is 10.